The minimum atomic E-state index is -0.329. The van der Waals surface area contributed by atoms with Crippen LogP contribution in [-0.2, 0) is 0 Å². The van der Waals surface area contributed by atoms with E-state index in [0.29, 0.717) is 11.3 Å². The van der Waals surface area contributed by atoms with Gasteiger partial charge >= 0.3 is 0 Å². The second-order valence-electron chi connectivity index (χ2n) is 3.62. The first kappa shape index (κ1) is 11.0. The lowest BCUT2D eigenvalue weighted by Gasteiger charge is -2.07. The topological polar surface area (TPSA) is 67.0 Å². The highest BCUT2D eigenvalue weighted by Gasteiger charge is 2.31. The summed E-state index contributed by atoms with van der Waals surface area (Å²) in [4.78, 5) is 37.7. The molecule has 1 aliphatic carbocycles. The molecule has 1 N–H and O–H groups in total. The van der Waals surface area contributed by atoms with E-state index in [0.717, 1.165) is 0 Å². The normalized spacial score (nSPS) is 14.8. The van der Waals surface area contributed by atoms with E-state index >= 15 is 0 Å². The Morgan fingerprint density at radius 3 is 2.56 bits per heavy atom. The summed E-state index contributed by atoms with van der Waals surface area (Å²) < 4.78 is 0.187. The zero-order chi connectivity index (χ0) is 12.0. The van der Waals surface area contributed by atoms with Gasteiger partial charge in [0.1, 0.15) is 0 Å². The van der Waals surface area contributed by atoms with Crippen molar-refractivity contribution in [1.82, 2.24) is 4.98 Å². The summed E-state index contributed by atoms with van der Waals surface area (Å²) in [6, 6.07) is 0. The number of aryl methyl sites for hydroxylation is 1. The molecule has 1 heterocycles. The van der Waals surface area contributed by atoms with Crippen LogP contribution < -0.4 is 0 Å². The summed E-state index contributed by atoms with van der Waals surface area (Å²) in [6.45, 7) is 3.05. The van der Waals surface area contributed by atoms with Crippen molar-refractivity contribution in [1.29, 1.82) is 0 Å². The summed E-state index contributed by atoms with van der Waals surface area (Å²) in [5, 5.41) is 0. The fourth-order valence-corrected chi connectivity index (χ4v) is 2.26. The summed E-state index contributed by atoms with van der Waals surface area (Å²) in [7, 11) is 0. The maximum absolute atomic E-state index is 11.9. The van der Waals surface area contributed by atoms with Crippen molar-refractivity contribution in [3.05, 3.63) is 33.1 Å². The van der Waals surface area contributed by atoms with E-state index < -0.39 is 0 Å². The molecule has 2 rings (SSSR count). The molecule has 0 saturated carbocycles. The quantitative estimate of drug-likeness (QED) is 0.803. The number of allylic oxidation sites excluding steroid dienone is 2. The molecule has 0 amide bonds. The van der Waals surface area contributed by atoms with Gasteiger partial charge in [-0.25, -0.2) is 0 Å². The monoisotopic (exact) mass is 281 g/mol. The molecule has 0 unspecified atom stereocenters. The van der Waals surface area contributed by atoms with Crippen LogP contribution in [0.25, 0.3) is 0 Å². The van der Waals surface area contributed by atoms with Crippen molar-refractivity contribution in [3.8, 4) is 0 Å². The lowest BCUT2D eigenvalue weighted by Crippen LogP contribution is -2.15. The largest absolute Gasteiger partial charge is 0.355 e. The molecule has 16 heavy (non-hydrogen) atoms. The zero-order valence-electron chi connectivity index (χ0n) is 8.68. The van der Waals surface area contributed by atoms with E-state index in [1.165, 1.54) is 13.0 Å². The molecule has 5 heteroatoms. The first-order chi connectivity index (χ1) is 7.43. The predicted octanol–water partition coefficient (Wildman–Crippen LogP) is 2.18. The van der Waals surface area contributed by atoms with E-state index in [9.17, 15) is 14.4 Å². The summed E-state index contributed by atoms with van der Waals surface area (Å²) in [5.74, 6) is -0.848. The van der Waals surface area contributed by atoms with Gasteiger partial charge in [0.15, 0.2) is 5.78 Å². The SMILES string of the molecule is CC(=O)c1c(C)[nH]c2c1C(=O)C(Br)=CC2=O. The molecule has 0 aromatic carbocycles. The van der Waals surface area contributed by atoms with Crippen molar-refractivity contribution in [3.63, 3.8) is 0 Å². The summed E-state index contributed by atoms with van der Waals surface area (Å²) in [6.07, 6.45) is 1.21. The average Bonchev–Trinajstić information content (AvgIpc) is 2.53. The van der Waals surface area contributed by atoms with Crippen molar-refractivity contribution < 1.29 is 14.4 Å². The molecule has 1 aromatic rings. The molecular weight excluding hydrogens is 274 g/mol. The number of carbonyl (C=O) groups excluding carboxylic acids is 3. The third-order valence-electron chi connectivity index (χ3n) is 2.49. The molecule has 0 atom stereocenters. The molecule has 0 radical (unpaired) electrons. The molecule has 0 saturated heterocycles. The van der Waals surface area contributed by atoms with Gasteiger partial charge in [-0.3, -0.25) is 14.4 Å². The lowest BCUT2D eigenvalue weighted by molar-refractivity contribution is 0.0977. The van der Waals surface area contributed by atoms with Gasteiger partial charge in [-0.05, 0) is 29.8 Å². The molecule has 82 valence electrons. The third-order valence-corrected chi connectivity index (χ3v) is 3.08. The number of carbonyl (C=O) groups is 3. The van der Waals surface area contributed by atoms with Crippen LogP contribution >= 0.6 is 15.9 Å². The van der Waals surface area contributed by atoms with Crippen LogP contribution in [0.2, 0.25) is 0 Å². The molecule has 1 aromatic heterocycles. The lowest BCUT2D eigenvalue weighted by atomic mass is 9.96. The number of fused-ring (bicyclic) bond motifs is 1. The number of hydrogen-bond donors (Lipinski definition) is 1. The highest BCUT2D eigenvalue weighted by molar-refractivity contribution is 9.12. The number of H-pyrrole nitrogens is 1. The van der Waals surface area contributed by atoms with Crippen molar-refractivity contribution in [2.75, 3.05) is 0 Å². The third kappa shape index (κ3) is 1.39. The van der Waals surface area contributed by atoms with Gasteiger partial charge in [0, 0.05) is 17.3 Å². The number of hydrogen-bond acceptors (Lipinski definition) is 3. The maximum Gasteiger partial charge on any atom is 0.204 e. The van der Waals surface area contributed by atoms with E-state index in [1.54, 1.807) is 6.92 Å². The van der Waals surface area contributed by atoms with Gasteiger partial charge in [0.05, 0.1) is 15.7 Å². The van der Waals surface area contributed by atoms with Crippen LogP contribution in [0.4, 0.5) is 0 Å². The second-order valence-corrected chi connectivity index (χ2v) is 4.47. The average molecular weight is 282 g/mol. The van der Waals surface area contributed by atoms with Crippen molar-refractivity contribution in [2.45, 2.75) is 13.8 Å². The van der Waals surface area contributed by atoms with E-state index in [-0.39, 0.29) is 33.1 Å². The Labute approximate surface area is 99.9 Å². The van der Waals surface area contributed by atoms with E-state index in [2.05, 4.69) is 20.9 Å². The van der Waals surface area contributed by atoms with Crippen molar-refractivity contribution >= 4 is 33.3 Å². The number of ketones is 3. The van der Waals surface area contributed by atoms with Crippen LogP contribution in [0.15, 0.2) is 10.6 Å². The number of aromatic amines is 1. The molecular formula is C11H8BrNO3. The smallest absolute Gasteiger partial charge is 0.204 e. The maximum atomic E-state index is 11.9. The van der Waals surface area contributed by atoms with Crippen LogP contribution in [0.5, 0.6) is 0 Å². The van der Waals surface area contributed by atoms with E-state index in [1.807, 2.05) is 0 Å². The Hall–Kier alpha value is -1.49. The Balaban J connectivity index is 2.79. The number of Topliss-reactive ketones (excluding diaryl/α,β-unsaturated/α-hetero) is 2. The fraction of sp³-hybridized carbons (Fsp3) is 0.182. The Kier molecular flexibility index (Phi) is 2.42. The summed E-state index contributed by atoms with van der Waals surface area (Å²) in [5.41, 5.74) is 1.24. The fourth-order valence-electron chi connectivity index (χ4n) is 1.85. The van der Waals surface area contributed by atoms with Gasteiger partial charge in [-0.2, -0.15) is 0 Å². The van der Waals surface area contributed by atoms with E-state index in [4.69, 9.17) is 0 Å². The molecule has 0 bridgehead atoms. The second kappa shape index (κ2) is 3.52. The first-order valence-electron chi connectivity index (χ1n) is 4.63. The van der Waals surface area contributed by atoms with Crippen molar-refractivity contribution in [2.24, 2.45) is 0 Å². The Morgan fingerprint density at radius 2 is 2.00 bits per heavy atom. The van der Waals surface area contributed by atoms with Gasteiger partial charge in [-0.15, -0.1) is 0 Å². The van der Waals surface area contributed by atoms with Gasteiger partial charge in [0.2, 0.25) is 11.6 Å². The number of nitrogens with one attached hydrogen (secondary N) is 1. The Bertz CT molecular complexity index is 566. The number of aromatic nitrogens is 1. The van der Waals surface area contributed by atoms with Crippen LogP contribution in [0, 0.1) is 6.92 Å². The highest BCUT2D eigenvalue weighted by Crippen LogP contribution is 2.29. The zero-order valence-corrected chi connectivity index (χ0v) is 10.3. The van der Waals surface area contributed by atoms with Crippen LogP contribution in [-0.4, -0.2) is 22.3 Å². The standard InChI is InChI=1S/C11H8BrNO3/c1-4-8(5(2)14)9-10(13-4)7(15)3-6(12)11(9)16/h3,13H,1-2H3. The molecule has 1 aliphatic rings. The molecule has 0 spiro atoms. The predicted molar refractivity (Wildman–Crippen MR) is 61.2 cm³/mol. The number of rotatable bonds is 1. The molecule has 0 fully saturated rings. The Morgan fingerprint density at radius 1 is 1.38 bits per heavy atom. The first-order valence-corrected chi connectivity index (χ1v) is 5.42. The molecule has 4 nitrogen and oxygen atoms in total. The highest BCUT2D eigenvalue weighted by atomic mass is 79.9. The number of halogens is 1. The van der Waals surface area contributed by atoms with Gasteiger partial charge in [-0.1, -0.05) is 0 Å². The summed E-state index contributed by atoms with van der Waals surface area (Å²) >= 11 is 3.02. The van der Waals surface area contributed by atoms with Gasteiger partial charge in [0.25, 0.3) is 0 Å². The van der Waals surface area contributed by atoms with Gasteiger partial charge < -0.3 is 4.98 Å². The van der Waals surface area contributed by atoms with Crippen LogP contribution in [0.1, 0.15) is 43.8 Å². The minimum Gasteiger partial charge on any atom is -0.355 e. The minimum absolute atomic E-state index is 0.185. The van der Waals surface area contributed by atoms with Crippen LogP contribution in [0.3, 0.4) is 0 Å². The molecule has 0 aliphatic heterocycles.